The van der Waals surface area contributed by atoms with Crippen molar-refractivity contribution in [2.45, 2.75) is 6.92 Å². The molecule has 0 bridgehead atoms. The van der Waals surface area contributed by atoms with E-state index in [2.05, 4.69) is 4.98 Å². The van der Waals surface area contributed by atoms with E-state index < -0.39 is 0 Å². The van der Waals surface area contributed by atoms with Crippen molar-refractivity contribution in [3.8, 4) is 0 Å². The molecule has 4 aromatic rings. The van der Waals surface area contributed by atoms with Gasteiger partial charge in [-0.05, 0) is 30.7 Å². The predicted octanol–water partition coefficient (Wildman–Crippen LogP) is 2.77. The molecule has 4 rings (SSSR count). The number of imidazole rings is 1. The smallest absolute Gasteiger partial charge is 0.267 e. The van der Waals surface area contributed by atoms with Gasteiger partial charge >= 0.3 is 0 Å². The van der Waals surface area contributed by atoms with E-state index >= 15 is 0 Å². The number of thiazole rings is 1. The SMILES string of the molecule is Cc1ccc(C=c2sc3nc4ccccc4n3c2=O)cc1. The Morgan fingerprint density at radius 1 is 1.10 bits per heavy atom. The van der Waals surface area contributed by atoms with Crippen LogP contribution < -0.4 is 10.1 Å². The zero-order chi connectivity index (χ0) is 14.4. The van der Waals surface area contributed by atoms with Gasteiger partial charge in [-0.2, -0.15) is 0 Å². The quantitative estimate of drug-likeness (QED) is 0.540. The van der Waals surface area contributed by atoms with Crippen LogP contribution >= 0.6 is 11.3 Å². The van der Waals surface area contributed by atoms with E-state index in [4.69, 9.17) is 0 Å². The van der Waals surface area contributed by atoms with Gasteiger partial charge in [0.1, 0.15) is 0 Å². The zero-order valence-corrected chi connectivity index (χ0v) is 12.2. The molecule has 4 heteroatoms. The van der Waals surface area contributed by atoms with E-state index in [0.717, 1.165) is 21.6 Å². The van der Waals surface area contributed by atoms with Gasteiger partial charge in [0, 0.05) is 0 Å². The summed E-state index contributed by atoms with van der Waals surface area (Å²) >= 11 is 1.43. The maximum Gasteiger partial charge on any atom is 0.274 e. The second-order valence-electron chi connectivity index (χ2n) is 5.04. The third-order valence-electron chi connectivity index (χ3n) is 3.52. The van der Waals surface area contributed by atoms with Crippen molar-refractivity contribution in [3.05, 3.63) is 74.5 Å². The van der Waals surface area contributed by atoms with Crippen molar-refractivity contribution >= 4 is 33.4 Å². The fraction of sp³-hybridized carbons (Fsp3) is 0.0588. The maximum atomic E-state index is 12.6. The zero-order valence-electron chi connectivity index (χ0n) is 11.4. The summed E-state index contributed by atoms with van der Waals surface area (Å²) in [6, 6.07) is 15.9. The maximum absolute atomic E-state index is 12.6. The van der Waals surface area contributed by atoms with Crippen LogP contribution in [0.3, 0.4) is 0 Å². The Labute approximate surface area is 124 Å². The van der Waals surface area contributed by atoms with Gasteiger partial charge in [-0.1, -0.05) is 53.3 Å². The molecule has 0 aliphatic rings. The molecule has 0 aliphatic heterocycles. The topological polar surface area (TPSA) is 34.4 Å². The lowest BCUT2D eigenvalue weighted by atomic mass is 10.1. The first-order valence-electron chi connectivity index (χ1n) is 6.71. The van der Waals surface area contributed by atoms with Crippen molar-refractivity contribution in [2.24, 2.45) is 0 Å². The minimum atomic E-state index is 0.00396. The van der Waals surface area contributed by atoms with Gasteiger partial charge in [-0.25, -0.2) is 9.38 Å². The van der Waals surface area contributed by atoms with E-state index in [1.54, 1.807) is 4.40 Å². The number of aryl methyl sites for hydroxylation is 1. The average Bonchev–Trinajstić information content (AvgIpc) is 2.99. The largest absolute Gasteiger partial charge is 0.274 e. The summed E-state index contributed by atoms with van der Waals surface area (Å²) in [6.45, 7) is 2.05. The van der Waals surface area contributed by atoms with Crippen molar-refractivity contribution < 1.29 is 0 Å². The minimum Gasteiger partial charge on any atom is -0.267 e. The van der Waals surface area contributed by atoms with Crippen molar-refractivity contribution in [2.75, 3.05) is 0 Å². The number of nitrogens with zero attached hydrogens (tertiary/aromatic N) is 2. The molecule has 0 saturated heterocycles. The van der Waals surface area contributed by atoms with Crippen LogP contribution in [-0.2, 0) is 0 Å². The number of para-hydroxylation sites is 2. The molecule has 0 atom stereocenters. The van der Waals surface area contributed by atoms with E-state index in [0.29, 0.717) is 4.53 Å². The molecule has 0 saturated carbocycles. The molecule has 0 radical (unpaired) electrons. The Hall–Kier alpha value is -2.46. The first kappa shape index (κ1) is 12.3. The fourth-order valence-corrected chi connectivity index (χ4v) is 3.41. The molecule has 21 heavy (non-hydrogen) atoms. The molecule has 102 valence electrons. The summed E-state index contributed by atoms with van der Waals surface area (Å²) in [5.41, 5.74) is 3.98. The lowest BCUT2D eigenvalue weighted by Gasteiger charge is -1.92. The third kappa shape index (κ3) is 1.96. The Morgan fingerprint density at radius 2 is 1.86 bits per heavy atom. The molecule has 2 aromatic heterocycles. The summed E-state index contributed by atoms with van der Waals surface area (Å²) in [5, 5.41) is 0. The minimum absolute atomic E-state index is 0.00396. The van der Waals surface area contributed by atoms with Crippen LogP contribution in [0.4, 0.5) is 0 Å². The van der Waals surface area contributed by atoms with Gasteiger partial charge in [0.2, 0.25) is 0 Å². The second-order valence-corrected chi connectivity index (χ2v) is 6.05. The van der Waals surface area contributed by atoms with Gasteiger partial charge in [-0.15, -0.1) is 0 Å². The molecule has 0 amide bonds. The number of aromatic nitrogens is 2. The van der Waals surface area contributed by atoms with Crippen LogP contribution in [0.5, 0.6) is 0 Å². The Balaban J connectivity index is 2.00. The summed E-state index contributed by atoms with van der Waals surface area (Å²) < 4.78 is 2.41. The molecule has 3 nitrogen and oxygen atoms in total. The van der Waals surface area contributed by atoms with Crippen molar-refractivity contribution in [3.63, 3.8) is 0 Å². The molecule has 0 spiro atoms. The number of rotatable bonds is 1. The van der Waals surface area contributed by atoms with Crippen LogP contribution in [0.25, 0.3) is 22.1 Å². The number of fused-ring (bicyclic) bond motifs is 3. The lowest BCUT2D eigenvalue weighted by molar-refractivity contribution is 1.19. The lowest BCUT2D eigenvalue weighted by Crippen LogP contribution is -2.22. The second kappa shape index (κ2) is 4.53. The molecule has 0 N–H and O–H groups in total. The highest BCUT2D eigenvalue weighted by Crippen LogP contribution is 2.15. The van der Waals surface area contributed by atoms with Gasteiger partial charge in [-0.3, -0.25) is 4.79 Å². The van der Waals surface area contributed by atoms with Gasteiger partial charge in [0.05, 0.1) is 15.6 Å². The first-order chi connectivity index (χ1) is 10.2. The summed E-state index contributed by atoms with van der Waals surface area (Å²) in [5.74, 6) is 0. The van der Waals surface area contributed by atoms with Crippen LogP contribution in [0.2, 0.25) is 0 Å². The summed E-state index contributed by atoms with van der Waals surface area (Å²) in [7, 11) is 0. The van der Waals surface area contributed by atoms with Gasteiger partial charge in [0.25, 0.3) is 5.56 Å². The Kier molecular flexibility index (Phi) is 2.65. The Morgan fingerprint density at radius 3 is 2.67 bits per heavy atom. The molecular weight excluding hydrogens is 280 g/mol. The van der Waals surface area contributed by atoms with Gasteiger partial charge in [0.15, 0.2) is 4.96 Å². The summed E-state index contributed by atoms with van der Waals surface area (Å²) in [6.07, 6.45) is 1.93. The van der Waals surface area contributed by atoms with E-state index in [1.165, 1.54) is 16.9 Å². The van der Waals surface area contributed by atoms with Crippen LogP contribution in [0.1, 0.15) is 11.1 Å². The molecular formula is C17H12N2OS. The Bertz CT molecular complexity index is 1060. The molecule has 2 aromatic carbocycles. The third-order valence-corrected chi connectivity index (χ3v) is 4.49. The van der Waals surface area contributed by atoms with Crippen LogP contribution in [-0.4, -0.2) is 9.38 Å². The summed E-state index contributed by atoms with van der Waals surface area (Å²) in [4.78, 5) is 17.8. The predicted molar refractivity (Wildman–Crippen MR) is 86.8 cm³/mol. The molecule has 0 unspecified atom stereocenters. The van der Waals surface area contributed by atoms with E-state index in [-0.39, 0.29) is 5.56 Å². The number of hydrogen-bond donors (Lipinski definition) is 0. The molecule has 2 heterocycles. The standard InChI is InChI=1S/C17H12N2OS/c1-11-6-8-12(9-7-11)10-15-16(20)19-14-5-3-2-4-13(14)18-17(19)21-15/h2-10H,1H3. The first-order valence-corrected chi connectivity index (χ1v) is 7.52. The number of hydrogen-bond acceptors (Lipinski definition) is 3. The van der Waals surface area contributed by atoms with E-state index in [9.17, 15) is 4.79 Å². The average molecular weight is 292 g/mol. The monoisotopic (exact) mass is 292 g/mol. The number of benzene rings is 2. The van der Waals surface area contributed by atoms with E-state index in [1.807, 2.05) is 61.5 Å². The van der Waals surface area contributed by atoms with Crippen molar-refractivity contribution in [1.82, 2.24) is 9.38 Å². The van der Waals surface area contributed by atoms with Crippen LogP contribution in [0, 0.1) is 6.92 Å². The van der Waals surface area contributed by atoms with Gasteiger partial charge < -0.3 is 0 Å². The fourth-order valence-electron chi connectivity index (χ4n) is 2.43. The van der Waals surface area contributed by atoms with Crippen LogP contribution in [0.15, 0.2) is 53.3 Å². The van der Waals surface area contributed by atoms with Crippen molar-refractivity contribution in [1.29, 1.82) is 0 Å². The highest BCUT2D eigenvalue weighted by molar-refractivity contribution is 7.15. The molecule has 0 fully saturated rings. The molecule has 0 aliphatic carbocycles. The highest BCUT2D eigenvalue weighted by Gasteiger charge is 2.10. The highest BCUT2D eigenvalue weighted by atomic mass is 32.1. The normalized spacial score (nSPS) is 12.5.